The van der Waals surface area contributed by atoms with Crippen molar-refractivity contribution < 1.29 is 9.53 Å². The van der Waals surface area contributed by atoms with Crippen molar-refractivity contribution in [1.82, 2.24) is 9.38 Å². The molecule has 78 valence electrons. The van der Waals surface area contributed by atoms with Crippen LogP contribution in [0.5, 0.6) is 0 Å². The molecule has 0 N–H and O–H groups in total. The number of pyridine rings is 1. The molecule has 2 aromatic heterocycles. The van der Waals surface area contributed by atoms with Gasteiger partial charge in [-0.15, -0.1) is 0 Å². The number of hydrogen-bond donors (Lipinski definition) is 0. The average molecular weight is 204 g/mol. The van der Waals surface area contributed by atoms with Crippen LogP contribution in [-0.4, -0.2) is 29.4 Å². The lowest BCUT2D eigenvalue weighted by Crippen LogP contribution is -1.94. The van der Waals surface area contributed by atoms with Crippen molar-refractivity contribution in [2.45, 2.75) is 6.42 Å². The van der Waals surface area contributed by atoms with E-state index in [0.29, 0.717) is 17.8 Å². The van der Waals surface area contributed by atoms with Crippen LogP contribution >= 0.6 is 0 Å². The zero-order valence-electron chi connectivity index (χ0n) is 8.51. The number of fused-ring (bicyclic) bond motifs is 1. The van der Waals surface area contributed by atoms with Gasteiger partial charge in [0.25, 0.3) is 0 Å². The minimum Gasteiger partial charge on any atom is -0.384 e. The molecule has 0 bridgehead atoms. The Labute approximate surface area is 87.5 Å². The second-order valence-corrected chi connectivity index (χ2v) is 3.29. The Morgan fingerprint density at radius 2 is 2.47 bits per heavy atom. The second-order valence-electron chi connectivity index (χ2n) is 3.29. The number of hydrogen-bond acceptors (Lipinski definition) is 3. The molecule has 0 amide bonds. The maximum absolute atomic E-state index is 10.8. The standard InChI is InChI=1S/C11H12N2O2/c1-15-6-4-10-7-13-5-2-3-9(8-14)11(13)12-10/h2-3,5,7-8H,4,6H2,1H3. The van der Waals surface area contributed by atoms with Gasteiger partial charge in [0.2, 0.25) is 0 Å². The summed E-state index contributed by atoms with van der Waals surface area (Å²) in [6.07, 6.45) is 5.38. The number of methoxy groups -OCH3 is 1. The van der Waals surface area contributed by atoms with Gasteiger partial charge in [-0.2, -0.15) is 0 Å². The number of carbonyl (C=O) groups is 1. The first-order valence-corrected chi connectivity index (χ1v) is 4.76. The van der Waals surface area contributed by atoms with Gasteiger partial charge in [-0.25, -0.2) is 4.98 Å². The molecule has 2 rings (SSSR count). The van der Waals surface area contributed by atoms with Crippen LogP contribution in [0.15, 0.2) is 24.5 Å². The Kier molecular flexibility index (Phi) is 2.78. The van der Waals surface area contributed by atoms with Gasteiger partial charge in [0.15, 0.2) is 6.29 Å². The molecule has 4 heteroatoms. The van der Waals surface area contributed by atoms with E-state index in [2.05, 4.69) is 4.98 Å². The lowest BCUT2D eigenvalue weighted by atomic mass is 10.3. The van der Waals surface area contributed by atoms with Crippen molar-refractivity contribution in [3.8, 4) is 0 Å². The van der Waals surface area contributed by atoms with Crippen molar-refractivity contribution in [1.29, 1.82) is 0 Å². The van der Waals surface area contributed by atoms with Crippen molar-refractivity contribution >= 4 is 11.9 Å². The monoisotopic (exact) mass is 204 g/mol. The Bertz CT molecular complexity index is 476. The largest absolute Gasteiger partial charge is 0.384 e. The Balaban J connectivity index is 2.41. The number of imidazole rings is 1. The zero-order chi connectivity index (χ0) is 10.7. The summed E-state index contributed by atoms with van der Waals surface area (Å²) in [7, 11) is 1.66. The summed E-state index contributed by atoms with van der Waals surface area (Å²) in [6, 6.07) is 3.59. The first kappa shape index (κ1) is 9.86. The fourth-order valence-electron chi connectivity index (χ4n) is 1.50. The molecule has 4 nitrogen and oxygen atoms in total. The molecular weight excluding hydrogens is 192 g/mol. The summed E-state index contributed by atoms with van der Waals surface area (Å²) in [5, 5.41) is 0. The Morgan fingerprint density at radius 1 is 1.60 bits per heavy atom. The van der Waals surface area contributed by atoms with E-state index in [1.807, 2.05) is 22.9 Å². The fourth-order valence-corrected chi connectivity index (χ4v) is 1.50. The van der Waals surface area contributed by atoms with E-state index in [4.69, 9.17) is 4.74 Å². The van der Waals surface area contributed by atoms with E-state index >= 15 is 0 Å². The highest BCUT2D eigenvalue weighted by atomic mass is 16.5. The maximum Gasteiger partial charge on any atom is 0.153 e. The van der Waals surface area contributed by atoms with Crippen molar-refractivity contribution in [2.75, 3.05) is 13.7 Å². The summed E-state index contributed by atoms with van der Waals surface area (Å²) in [5.74, 6) is 0. The highest BCUT2D eigenvalue weighted by Crippen LogP contribution is 2.09. The smallest absolute Gasteiger partial charge is 0.153 e. The van der Waals surface area contributed by atoms with Crippen LogP contribution in [0.25, 0.3) is 5.65 Å². The van der Waals surface area contributed by atoms with Crippen LogP contribution in [0, 0.1) is 0 Å². The number of rotatable bonds is 4. The van der Waals surface area contributed by atoms with Crippen LogP contribution < -0.4 is 0 Å². The van der Waals surface area contributed by atoms with E-state index in [0.717, 1.165) is 18.4 Å². The molecule has 0 aliphatic carbocycles. The molecule has 2 aromatic rings. The fraction of sp³-hybridized carbons (Fsp3) is 0.273. The normalized spacial score (nSPS) is 10.7. The zero-order valence-corrected chi connectivity index (χ0v) is 8.51. The molecule has 15 heavy (non-hydrogen) atoms. The second kappa shape index (κ2) is 4.23. The van der Waals surface area contributed by atoms with E-state index in [-0.39, 0.29) is 0 Å². The third-order valence-corrected chi connectivity index (χ3v) is 2.25. The molecule has 0 spiro atoms. The third kappa shape index (κ3) is 1.89. The highest BCUT2D eigenvalue weighted by Gasteiger charge is 2.04. The summed E-state index contributed by atoms with van der Waals surface area (Å²) in [5.41, 5.74) is 2.26. The SMILES string of the molecule is COCCc1cn2cccc(C=O)c2n1. The van der Waals surface area contributed by atoms with E-state index in [1.54, 1.807) is 13.2 Å². The van der Waals surface area contributed by atoms with Crippen LogP contribution in [0.3, 0.4) is 0 Å². The van der Waals surface area contributed by atoms with Gasteiger partial charge >= 0.3 is 0 Å². The first-order chi connectivity index (χ1) is 7.35. The predicted octanol–water partition coefficient (Wildman–Crippen LogP) is 1.34. The lowest BCUT2D eigenvalue weighted by Gasteiger charge is -1.93. The molecule has 0 atom stereocenters. The van der Waals surface area contributed by atoms with Crippen LogP contribution in [0.1, 0.15) is 16.1 Å². The molecule has 0 radical (unpaired) electrons. The molecule has 0 aliphatic rings. The Hall–Kier alpha value is -1.68. The van der Waals surface area contributed by atoms with E-state index in [9.17, 15) is 4.79 Å². The molecule has 0 aromatic carbocycles. The van der Waals surface area contributed by atoms with Gasteiger partial charge < -0.3 is 9.14 Å². The molecular formula is C11H12N2O2. The summed E-state index contributed by atoms with van der Waals surface area (Å²) in [4.78, 5) is 15.1. The number of ether oxygens (including phenoxy) is 1. The molecule has 0 fully saturated rings. The summed E-state index contributed by atoms with van der Waals surface area (Å²) >= 11 is 0. The van der Waals surface area contributed by atoms with Gasteiger partial charge in [-0.05, 0) is 12.1 Å². The van der Waals surface area contributed by atoms with Crippen molar-refractivity contribution in [3.63, 3.8) is 0 Å². The molecule has 0 unspecified atom stereocenters. The molecule has 0 saturated carbocycles. The third-order valence-electron chi connectivity index (χ3n) is 2.25. The van der Waals surface area contributed by atoms with Crippen LogP contribution in [-0.2, 0) is 11.2 Å². The minimum absolute atomic E-state index is 0.612. The first-order valence-electron chi connectivity index (χ1n) is 4.76. The van der Waals surface area contributed by atoms with Crippen molar-refractivity contribution in [3.05, 3.63) is 35.8 Å². The van der Waals surface area contributed by atoms with Gasteiger partial charge in [-0.1, -0.05) is 0 Å². The van der Waals surface area contributed by atoms with Gasteiger partial charge in [0.05, 0.1) is 17.9 Å². The number of aldehydes is 1. The van der Waals surface area contributed by atoms with Gasteiger partial charge in [-0.3, -0.25) is 4.79 Å². The van der Waals surface area contributed by atoms with Gasteiger partial charge in [0.1, 0.15) is 5.65 Å². The van der Waals surface area contributed by atoms with Crippen LogP contribution in [0.2, 0.25) is 0 Å². The number of nitrogens with zero attached hydrogens (tertiary/aromatic N) is 2. The summed E-state index contributed by atoms with van der Waals surface area (Å²) < 4.78 is 6.84. The average Bonchev–Trinajstić information content (AvgIpc) is 2.68. The van der Waals surface area contributed by atoms with E-state index in [1.165, 1.54) is 0 Å². The number of aromatic nitrogens is 2. The molecule has 2 heterocycles. The predicted molar refractivity (Wildman–Crippen MR) is 56.2 cm³/mol. The lowest BCUT2D eigenvalue weighted by molar-refractivity contribution is 0.112. The highest BCUT2D eigenvalue weighted by molar-refractivity contribution is 5.84. The van der Waals surface area contributed by atoms with Crippen LogP contribution in [0.4, 0.5) is 0 Å². The minimum atomic E-state index is 0.612. The van der Waals surface area contributed by atoms with E-state index < -0.39 is 0 Å². The maximum atomic E-state index is 10.8. The molecule has 0 saturated heterocycles. The molecule has 0 aliphatic heterocycles. The quantitative estimate of drug-likeness (QED) is 0.706. The van der Waals surface area contributed by atoms with Gasteiger partial charge in [0, 0.05) is 25.9 Å². The Morgan fingerprint density at radius 3 is 3.20 bits per heavy atom. The van der Waals surface area contributed by atoms with Crippen molar-refractivity contribution in [2.24, 2.45) is 0 Å². The number of carbonyl (C=O) groups excluding carboxylic acids is 1. The summed E-state index contributed by atoms with van der Waals surface area (Å²) in [6.45, 7) is 0.639. The topological polar surface area (TPSA) is 43.6 Å².